The number of aliphatic carboxylic acids is 1. The van der Waals surface area contributed by atoms with Crippen LogP contribution in [0.2, 0.25) is 0 Å². The number of carboxylic acids is 1. The van der Waals surface area contributed by atoms with Gasteiger partial charge in [0.15, 0.2) is 0 Å². The summed E-state index contributed by atoms with van der Waals surface area (Å²) in [5.41, 5.74) is 4.71. The van der Waals surface area contributed by atoms with Crippen LogP contribution in [0.25, 0.3) is 0 Å². The zero-order valence-corrected chi connectivity index (χ0v) is 10.2. The Morgan fingerprint density at radius 3 is 2.74 bits per heavy atom. The molecule has 0 saturated heterocycles. The van der Waals surface area contributed by atoms with Gasteiger partial charge in [0.2, 0.25) is 5.82 Å². The fourth-order valence-electron chi connectivity index (χ4n) is 1.81. The Kier molecular flexibility index (Phi) is 5.37. The fraction of sp³-hybridized carbons (Fsp3) is 0.417. The Balaban J connectivity index is 2.93. The minimum atomic E-state index is -1.06. The fourth-order valence-corrected chi connectivity index (χ4v) is 1.81. The van der Waals surface area contributed by atoms with Crippen molar-refractivity contribution in [2.75, 3.05) is 6.54 Å². The van der Waals surface area contributed by atoms with Crippen LogP contribution in [0.5, 0.6) is 0 Å². The molecular formula is C12H15FN2O4. The zero-order chi connectivity index (χ0) is 14.4. The molecule has 0 fully saturated rings. The molecule has 0 radical (unpaired) electrons. The maximum Gasteiger partial charge on any atom is 0.306 e. The number of nitrogens with two attached hydrogens (primary N) is 1. The minimum Gasteiger partial charge on any atom is -0.481 e. The first-order chi connectivity index (χ1) is 8.97. The van der Waals surface area contributed by atoms with Gasteiger partial charge in [-0.05, 0) is 31.4 Å². The number of hydrogen-bond acceptors (Lipinski definition) is 4. The van der Waals surface area contributed by atoms with E-state index in [0.717, 1.165) is 6.07 Å². The molecule has 1 atom stereocenters. The molecule has 0 spiro atoms. The lowest BCUT2D eigenvalue weighted by Gasteiger charge is -2.12. The smallest absolute Gasteiger partial charge is 0.306 e. The molecule has 0 aromatic heterocycles. The lowest BCUT2D eigenvalue weighted by molar-refractivity contribution is -0.387. The molecule has 3 N–H and O–H groups in total. The molecule has 19 heavy (non-hydrogen) atoms. The van der Waals surface area contributed by atoms with E-state index in [-0.39, 0.29) is 12.0 Å². The molecule has 0 amide bonds. The number of hydrogen-bond donors (Lipinski definition) is 2. The first kappa shape index (κ1) is 15.0. The summed E-state index contributed by atoms with van der Waals surface area (Å²) in [5.74, 6) is -2.81. The third-order valence-corrected chi connectivity index (χ3v) is 2.83. The first-order valence-corrected chi connectivity index (χ1v) is 5.82. The number of carbonyl (C=O) groups is 1. The third-order valence-electron chi connectivity index (χ3n) is 2.83. The molecule has 0 aliphatic rings. The highest BCUT2D eigenvalue weighted by molar-refractivity contribution is 5.70. The van der Waals surface area contributed by atoms with E-state index in [1.807, 2.05) is 0 Å². The average molecular weight is 270 g/mol. The van der Waals surface area contributed by atoms with Gasteiger partial charge in [-0.25, -0.2) is 0 Å². The Labute approximate surface area is 109 Å². The van der Waals surface area contributed by atoms with Crippen molar-refractivity contribution in [1.29, 1.82) is 0 Å². The van der Waals surface area contributed by atoms with Crippen LogP contribution in [0.3, 0.4) is 0 Å². The molecule has 1 rings (SSSR count). The quantitative estimate of drug-likeness (QED) is 0.579. The molecule has 7 heteroatoms. The molecule has 6 nitrogen and oxygen atoms in total. The van der Waals surface area contributed by atoms with Crippen molar-refractivity contribution in [2.24, 2.45) is 11.7 Å². The molecule has 0 heterocycles. The molecule has 0 aliphatic carbocycles. The lowest BCUT2D eigenvalue weighted by Crippen LogP contribution is -2.18. The Bertz CT molecular complexity index is 479. The van der Waals surface area contributed by atoms with Crippen molar-refractivity contribution in [3.8, 4) is 0 Å². The maximum absolute atomic E-state index is 13.8. The van der Waals surface area contributed by atoms with Crippen LogP contribution in [0, 0.1) is 21.8 Å². The summed E-state index contributed by atoms with van der Waals surface area (Å²) in [5, 5.41) is 19.6. The number of benzene rings is 1. The van der Waals surface area contributed by atoms with Gasteiger partial charge in [0.05, 0.1) is 10.8 Å². The molecule has 0 saturated carbocycles. The number of nitro benzene ring substituents is 1. The van der Waals surface area contributed by atoms with E-state index < -0.39 is 28.3 Å². The van der Waals surface area contributed by atoms with Crippen molar-refractivity contribution >= 4 is 11.7 Å². The Morgan fingerprint density at radius 1 is 1.53 bits per heavy atom. The van der Waals surface area contributed by atoms with Crippen molar-refractivity contribution in [2.45, 2.75) is 19.3 Å². The van der Waals surface area contributed by atoms with Crippen LogP contribution in [0.15, 0.2) is 18.2 Å². The van der Waals surface area contributed by atoms with Crippen LogP contribution >= 0.6 is 0 Å². The minimum absolute atomic E-state index is 0.0404. The SMILES string of the molecule is NCCCC(Cc1cccc([N+](=O)[O-])c1F)C(=O)O. The van der Waals surface area contributed by atoms with E-state index in [0.29, 0.717) is 19.4 Å². The second-order valence-corrected chi connectivity index (χ2v) is 4.18. The highest BCUT2D eigenvalue weighted by Crippen LogP contribution is 2.23. The van der Waals surface area contributed by atoms with E-state index in [1.165, 1.54) is 12.1 Å². The summed E-state index contributed by atoms with van der Waals surface area (Å²) in [4.78, 5) is 20.8. The third kappa shape index (κ3) is 3.99. The van der Waals surface area contributed by atoms with Crippen molar-refractivity contribution in [3.05, 3.63) is 39.7 Å². The summed E-state index contributed by atoms with van der Waals surface area (Å²) >= 11 is 0. The monoisotopic (exact) mass is 270 g/mol. The van der Waals surface area contributed by atoms with Gasteiger partial charge in [0.25, 0.3) is 0 Å². The Hall–Kier alpha value is -2.02. The van der Waals surface area contributed by atoms with E-state index in [2.05, 4.69) is 0 Å². The number of nitrogens with zero attached hydrogens (tertiary/aromatic N) is 1. The summed E-state index contributed by atoms with van der Waals surface area (Å²) in [6.45, 7) is 0.348. The number of halogens is 1. The van der Waals surface area contributed by atoms with Crippen molar-refractivity contribution < 1.29 is 19.2 Å². The summed E-state index contributed by atoms with van der Waals surface area (Å²) < 4.78 is 13.8. The van der Waals surface area contributed by atoms with Gasteiger partial charge in [-0.15, -0.1) is 0 Å². The number of carboxylic acid groups (broad SMARTS) is 1. The van der Waals surface area contributed by atoms with E-state index in [1.54, 1.807) is 0 Å². The van der Waals surface area contributed by atoms with Crippen molar-refractivity contribution in [3.63, 3.8) is 0 Å². The van der Waals surface area contributed by atoms with Gasteiger partial charge in [-0.3, -0.25) is 14.9 Å². The molecule has 0 bridgehead atoms. The Morgan fingerprint density at radius 2 is 2.21 bits per heavy atom. The first-order valence-electron chi connectivity index (χ1n) is 5.82. The van der Waals surface area contributed by atoms with Gasteiger partial charge in [0.1, 0.15) is 0 Å². The normalized spacial score (nSPS) is 12.1. The molecule has 104 valence electrons. The van der Waals surface area contributed by atoms with Gasteiger partial charge in [-0.2, -0.15) is 4.39 Å². The number of rotatable bonds is 7. The summed E-state index contributed by atoms with van der Waals surface area (Å²) in [6, 6.07) is 3.76. The van der Waals surface area contributed by atoms with Gasteiger partial charge < -0.3 is 10.8 Å². The molecule has 1 aromatic carbocycles. The second kappa shape index (κ2) is 6.79. The number of nitro groups is 1. The maximum atomic E-state index is 13.8. The molecular weight excluding hydrogens is 255 g/mol. The highest BCUT2D eigenvalue weighted by Gasteiger charge is 2.23. The average Bonchev–Trinajstić information content (AvgIpc) is 2.35. The lowest BCUT2D eigenvalue weighted by atomic mass is 9.94. The second-order valence-electron chi connectivity index (χ2n) is 4.18. The highest BCUT2D eigenvalue weighted by atomic mass is 19.1. The van der Waals surface area contributed by atoms with Crippen LogP contribution in [-0.2, 0) is 11.2 Å². The van der Waals surface area contributed by atoms with E-state index >= 15 is 0 Å². The zero-order valence-electron chi connectivity index (χ0n) is 10.2. The molecule has 0 aliphatic heterocycles. The standard InChI is InChI=1S/C12H15FN2O4/c13-11-8(3-1-5-10(11)15(18)19)7-9(12(16)17)4-2-6-14/h1,3,5,9H,2,4,6-7,14H2,(H,16,17). The topological polar surface area (TPSA) is 106 Å². The van der Waals surface area contributed by atoms with Crippen LogP contribution in [0.4, 0.5) is 10.1 Å². The van der Waals surface area contributed by atoms with Crippen LogP contribution in [0.1, 0.15) is 18.4 Å². The van der Waals surface area contributed by atoms with Gasteiger partial charge in [-0.1, -0.05) is 12.1 Å². The van der Waals surface area contributed by atoms with Gasteiger partial charge in [0, 0.05) is 6.07 Å². The summed E-state index contributed by atoms with van der Waals surface area (Å²) in [7, 11) is 0. The molecule has 1 aromatic rings. The summed E-state index contributed by atoms with van der Waals surface area (Å²) in [6.07, 6.45) is 0.740. The van der Waals surface area contributed by atoms with Crippen LogP contribution in [-0.4, -0.2) is 22.5 Å². The van der Waals surface area contributed by atoms with E-state index in [9.17, 15) is 19.3 Å². The predicted octanol–water partition coefficient (Wildman–Crippen LogP) is 1.72. The van der Waals surface area contributed by atoms with Crippen LogP contribution < -0.4 is 5.73 Å². The van der Waals surface area contributed by atoms with Gasteiger partial charge >= 0.3 is 11.7 Å². The molecule has 1 unspecified atom stereocenters. The van der Waals surface area contributed by atoms with E-state index in [4.69, 9.17) is 10.8 Å². The largest absolute Gasteiger partial charge is 0.481 e. The predicted molar refractivity (Wildman–Crippen MR) is 66.2 cm³/mol. The van der Waals surface area contributed by atoms with Crippen molar-refractivity contribution in [1.82, 2.24) is 0 Å².